The van der Waals surface area contributed by atoms with Crippen LogP contribution in [0.1, 0.15) is 19.3 Å². The number of anilines is 1. The lowest BCUT2D eigenvalue weighted by atomic mass is 9.58. The quantitative estimate of drug-likeness (QED) is 0.839. The molecule has 0 radical (unpaired) electrons. The molecule has 26 heavy (non-hydrogen) atoms. The number of amides is 2. The lowest BCUT2D eigenvalue weighted by molar-refractivity contribution is -0.209. The predicted octanol–water partition coefficient (Wildman–Crippen LogP) is 2.15. The number of rotatable bonds is 5. The molecule has 144 valence electrons. The summed E-state index contributed by atoms with van der Waals surface area (Å²) >= 11 is 0. The van der Waals surface area contributed by atoms with E-state index >= 15 is 0 Å². The second-order valence-electron chi connectivity index (χ2n) is 7.57. The second-order valence-corrected chi connectivity index (χ2v) is 7.57. The first-order valence-electron chi connectivity index (χ1n) is 9.16. The van der Waals surface area contributed by atoms with Gasteiger partial charge in [-0.2, -0.15) is 0 Å². The number of hydrogen-bond donors (Lipinski definition) is 2. The SMILES string of the molecule is CN(C)CCO[C@H]1C[C@@H](O)C12CCN(C(=O)Nc1cccc(F)c1)CC2. The Morgan fingerprint density at radius 1 is 1.42 bits per heavy atom. The van der Waals surface area contributed by atoms with Crippen LogP contribution in [0.5, 0.6) is 0 Å². The van der Waals surface area contributed by atoms with Crippen LogP contribution in [0, 0.1) is 11.2 Å². The first-order chi connectivity index (χ1) is 12.4. The molecule has 1 spiro atoms. The van der Waals surface area contributed by atoms with E-state index in [4.69, 9.17) is 4.74 Å². The van der Waals surface area contributed by atoms with Crippen LogP contribution in [0.3, 0.4) is 0 Å². The molecular formula is C19H28FN3O3. The molecule has 1 aliphatic carbocycles. The Morgan fingerprint density at radius 2 is 2.15 bits per heavy atom. The van der Waals surface area contributed by atoms with Crippen LogP contribution in [-0.4, -0.2) is 73.5 Å². The number of ether oxygens (including phenoxy) is 1. The highest BCUT2D eigenvalue weighted by Gasteiger charge is 2.56. The van der Waals surface area contributed by atoms with E-state index in [1.54, 1.807) is 17.0 Å². The van der Waals surface area contributed by atoms with Crippen LogP contribution < -0.4 is 5.32 Å². The van der Waals surface area contributed by atoms with Crippen molar-refractivity contribution in [3.63, 3.8) is 0 Å². The molecule has 6 nitrogen and oxygen atoms in total. The summed E-state index contributed by atoms with van der Waals surface area (Å²) < 4.78 is 19.2. The Bertz CT molecular complexity index is 632. The topological polar surface area (TPSA) is 65.0 Å². The molecule has 1 aliphatic heterocycles. The highest BCUT2D eigenvalue weighted by molar-refractivity contribution is 5.89. The first kappa shape index (κ1) is 19.1. The van der Waals surface area contributed by atoms with Crippen LogP contribution in [0.25, 0.3) is 0 Å². The summed E-state index contributed by atoms with van der Waals surface area (Å²) in [6.07, 6.45) is 1.81. The summed E-state index contributed by atoms with van der Waals surface area (Å²) in [7, 11) is 4.01. The molecule has 1 saturated heterocycles. The van der Waals surface area contributed by atoms with Crippen molar-refractivity contribution in [3.05, 3.63) is 30.1 Å². The number of benzene rings is 1. The normalized spacial score (nSPS) is 24.6. The number of nitrogens with one attached hydrogen (secondary N) is 1. The molecule has 7 heteroatoms. The molecule has 1 heterocycles. The van der Waals surface area contributed by atoms with Crippen molar-refractivity contribution >= 4 is 11.7 Å². The van der Waals surface area contributed by atoms with Crippen molar-refractivity contribution < 1.29 is 19.0 Å². The lowest BCUT2D eigenvalue weighted by Gasteiger charge is -2.56. The van der Waals surface area contributed by atoms with Crippen LogP contribution >= 0.6 is 0 Å². The number of aliphatic hydroxyl groups excluding tert-OH is 1. The molecule has 0 aromatic heterocycles. The van der Waals surface area contributed by atoms with Gasteiger partial charge in [0.2, 0.25) is 0 Å². The first-order valence-corrected chi connectivity index (χ1v) is 9.16. The number of hydrogen-bond acceptors (Lipinski definition) is 4. The summed E-state index contributed by atoms with van der Waals surface area (Å²) in [5, 5.41) is 13.1. The number of likely N-dealkylation sites (tertiary alicyclic amines) is 1. The van der Waals surface area contributed by atoms with Crippen molar-refractivity contribution in [1.29, 1.82) is 0 Å². The van der Waals surface area contributed by atoms with Crippen molar-refractivity contribution in [3.8, 4) is 0 Å². The van der Waals surface area contributed by atoms with Crippen molar-refractivity contribution in [2.45, 2.75) is 31.5 Å². The maximum absolute atomic E-state index is 13.2. The Morgan fingerprint density at radius 3 is 2.77 bits per heavy atom. The van der Waals surface area contributed by atoms with Gasteiger partial charge >= 0.3 is 6.03 Å². The summed E-state index contributed by atoms with van der Waals surface area (Å²) in [5.41, 5.74) is 0.214. The highest BCUT2D eigenvalue weighted by Crippen LogP contribution is 2.50. The van der Waals surface area contributed by atoms with E-state index in [9.17, 15) is 14.3 Å². The molecule has 1 aromatic rings. The third kappa shape index (κ3) is 4.00. The van der Waals surface area contributed by atoms with Gasteiger partial charge in [0, 0.05) is 37.2 Å². The molecular weight excluding hydrogens is 337 g/mol. The Kier molecular flexibility index (Phi) is 5.79. The number of urea groups is 1. The lowest BCUT2D eigenvalue weighted by Crippen LogP contribution is -2.63. The zero-order valence-corrected chi connectivity index (χ0v) is 15.4. The van der Waals surface area contributed by atoms with Crippen LogP contribution in [-0.2, 0) is 4.74 Å². The van der Waals surface area contributed by atoms with Gasteiger partial charge in [-0.25, -0.2) is 9.18 Å². The zero-order chi connectivity index (χ0) is 18.7. The minimum absolute atomic E-state index is 0.0610. The molecule has 1 saturated carbocycles. The highest BCUT2D eigenvalue weighted by atomic mass is 19.1. The number of likely N-dealkylation sites (N-methyl/N-ethyl adjacent to an activating group) is 1. The third-order valence-corrected chi connectivity index (χ3v) is 5.66. The fraction of sp³-hybridized carbons (Fsp3) is 0.632. The number of piperidine rings is 1. The van der Waals surface area contributed by atoms with Crippen LogP contribution in [0.15, 0.2) is 24.3 Å². The minimum Gasteiger partial charge on any atom is -0.392 e. The van der Waals surface area contributed by atoms with Gasteiger partial charge in [-0.1, -0.05) is 6.07 Å². The number of aliphatic hydroxyl groups is 1. The summed E-state index contributed by atoms with van der Waals surface area (Å²) in [5.74, 6) is -0.379. The molecule has 1 aromatic carbocycles. The van der Waals surface area contributed by atoms with Gasteiger partial charge in [-0.15, -0.1) is 0 Å². The van der Waals surface area contributed by atoms with Gasteiger partial charge < -0.3 is 25.0 Å². The van der Waals surface area contributed by atoms with Gasteiger partial charge in [0.05, 0.1) is 18.8 Å². The van der Waals surface area contributed by atoms with E-state index in [0.717, 1.165) is 19.4 Å². The standard InChI is InChI=1S/C19H28FN3O3/c1-22(2)10-11-26-17-13-16(24)19(17)6-8-23(9-7-19)18(25)21-15-5-3-4-14(20)12-15/h3-5,12,16-17,24H,6-11,13H2,1-2H3,(H,21,25)/t16-,17+/m1/s1. The number of nitrogens with zero attached hydrogens (tertiary/aromatic N) is 2. The minimum atomic E-state index is -0.379. The Balaban J connectivity index is 1.52. The maximum Gasteiger partial charge on any atom is 0.321 e. The van der Waals surface area contributed by atoms with Crippen molar-refractivity contribution in [1.82, 2.24) is 9.80 Å². The molecule has 2 amide bonds. The Hall–Kier alpha value is -1.70. The van der Waals surface area contributed by atoms with Crippen molar-refractivity contribution in [2.75, 3.05) is 45.7 Å². The fourth-order valence-electron chi connectivity index (χ4n) is 3.89. The number of halogens is 1. The average Bonchev–Trinajstić information content (AvgIpc) is 2.61. The molecule has 2 N–H and O–H groups in total. The van der Waals surface area contributed by atoms with Gasteiger partial charge in [-0.3, -0.25) is 0 Å². The average molecular weight is 365 g/mol. The van der Waals surface area contributed by atoms with Gasteiger partial charge in [0.1, 0.15) is 5.82 Å². The fourth-order valence-corrected chi connectivity index (χ4v) is 3.89. The third-order valence-electron chi connectivity index (χ3n) is 5.66. The van der Waals surface area contributed by atoms with Gasteiger partial charge in [0.15, 0.2) is 0 Å². The van der Waals surface area contributed by atoms with E-state index in [1.165, 1.54) is 12.1 Å². The Labute approximate surface area is 153 Å². The van der Waals surface area contributed by atoms with Gasteiger partial charge in [0.25, 0.3) is 0 Å². The zero-order valence-electron chi connectivity index (χ0n) is 15.4. The predicted molar refractivity (Wildman–Crippen MR) is 97.6 cm³/mol. The molecule has 3 rings (SSSR count). The summed E-state index contributed by atoms with van der Waals surface area (Å²) in [6, 6.07) is 5.64. The monoisotopic (exact) mass is 365 g/mol. The van der Waals surface area contributed by atoms with Gasteiger partial charge in [-0.05, 0) is 45.1 Å². The molecule has 2 aliphatic rings. The molecule has 0 unspecified atom stereocenters. The summed E-state index contributed by atoms with van der Waals surface area (Å²) in [6.45, 7) is 2.62. The van der Waals surface area contributed by atoms with Crippen LogP contribution in [0.2, 0.25) is 0 Å². The van der Waals surface area contributed by atoms with E-state index in [0.29, 0.717) is 31.8 Å². The van der Waals surface area contributed by atoms with Crippen molar-refractivity contribution in [2.24, 2.45) is 5.41 Å². The second kappa shape index (κ2) is 7.90. The molecule has 0 bridgehead atoms. The smallest absolute Gasteiger partial charge is 0.321 e. The van der Waals surface area contributed by atoms with E-state index in [-0.39, 0.29) is 29.5 Å². The molecule has 2 atom stereocenters. The number of carbonyl (C=O) groups excluding carboxylic acids is 1. The van der Waals surface area contributed by atoms with E-state index in [2.05, 4.69) is 10.2 Å². The van der Waals surface area contributed by atoms with E-state index in [1.807, 2.05) is 14.1 Å². The largest absolute Gasteiger partial charge is 0.392 e. The molecule has 2 fully saturated rings. The van der Waals surface area contributed by atoms with E-state index < -0.39 is 0 Å². The maximum atomic E-state index is 13.2. The summed E-state index contributed by atoms with van der Waals surface area (Å²) in [4.78, 5) is 16.2. The number of carbonyl (C=O) groups is 1. The van der Waals surface area contributed by atoms with Crippen LogP contribution in [0.4, 0.5) is 14.9 Å².